The van der Waals surface area contributed by atoms with Gasteiger partial charge in [0.05, 0.1) is 17.7 Å². The third-order valence-corrected chi connectivity index (χ3v) is 9.59. The van der Waals surface area contributed by atoms with Crippen LogP contribution >= 0.6 is 15.9 Å². The number of carbonyl (C=O) groups is 2. The fraction of sp³-hybridized carbons (Fsp3) is 0.355. The van der Waals surface area contributed by atoms with Crippen molar-refractivity contribution >= 4 is 43.5 Å². The third-order valence-electron chi connectivity index (χ3n) is 7.31. The molecule has 0 radical (unpaired) electrons. The second kappa shape index (κ2) is 14.0. The Morgan fingerprint density at radius 1 is 1.00 bits per heavy atom. The van der Waals surface area contributed by atoms with Crippen LogP contribution in [0.2, 0.25) is 0 Å². The molecule has 1 aliphatic rings. The van der Waals surface area contributed by atoms with Crippen LogP contribution in [-0.2, 0) is 26.2 Å². The first-order valence-corrected chi connectivity index (χ1v) is 16.0. The molecule has 1 fully saturated rings. The summed E-state index contributed by atoms with van der Waals surface area (Å²) in [5.41, 5.74) is 1.13. The highest BCUT2D eigenvalue weighted by molar-refractivity contribution is 9.10. The van der Waals surface area contributed by atoms with Crippen molar-refractivity contribution in [2.45, 2.75) is 62.6 Å². The van der Waals surface area contributed by atoms with E-state index in [2.05, 4.69) is 21.2 Å². The molecular formula is C31H36BrN3O5S. The Balaban J connectivity index is 1.70. The highest BCUT2D eigenvalue weighted by Crippen LogP contribution is 2.27. The number of carbonyl (C=O) groups excluding carboxylic acids is 2. The van der Waals surface area contributed by atoms with Crippen LogP contribution in [0.3, 0.4) is 0 Å². The highest BCUT2D eigenvalue weighted by Gasteiger charge is 2.34. The molecular weight excluding hydrogens is 606 g/mol. The molecule has 1 N–H and O–H groups in total. The average Bonchev–Trinajstić information content (AvgIpc) is 3.49. The predicted octanol–water partition coefficient (Wildman–Crippen LogP) is 5.52. The Morgan fingerprint density at radius 3 is 2.29 bits per heavy atom. The molecule has 41 heavy (non-hydrogen) atoms. The first kappa shape index (κ1) is 30.6. The smallest absolute Gasteiger partial charge is 0.264 e. The van der Waals surface area contributed by atoms with Gasteiger partial charge in [-0.1, -0.05) is 72.1 Å². The molecule has 8 nitrogen and oxygen atoms in total. The minimum atomic E-state index is -4.10. The zero-order valence-corrected chi connectivity index (χ0v) is 25.7. The molecule has 4 rings (SSSR count). The van der Waals surface area contributed by atoms with E-state index in [0.29, 0.717) is 22.3 Å². The van der Waals surface area contributed by atoms with Crippen molar-refractivity contribution in [1.29, 1.82) is 0 Å². The molecule has 1 saturated carbocycles. The molecule has 0 saturated heterocycles. The van der Waals surface area contributed by atoms with Crippen molar-refractivity contribution in [1.82, 2.24) is 10.2 Å². The van der Waals surface area contributed by atoms with Crippen LogP contribution in [0.15, 0.2) is 88.2 Å². The van der Waals surface area contributed by atoms with E-state index in [4.69, 9.17) is 4.74 Å². The Bertz CT molecular complexity index is 1430. The van der Waals surface area contributed by atoms with Gasteiger partial charge in [-0.2, -0.15) is 0 Å². The van der Waals surface area contributed by atoms with E-state index >= 15 is 0 Å². The van der Waals surface area contributed by atoms with Crippen LogP contribution in [0.4, 0.5) is 5.69 Å². The Morgan fingerprint density at radius 2 is 1.68 bits per heavy atom. The van der Waals surface area contributed by atoms with Crippen LogP contribution in [0, 0.1) is 0 Å². The van der Waals surface area contributed by atoms with Gasteiger partial charge in [0.15, 0.2) is 0 Å². The Labute approximate surface area is 250 Å². The number of hydrogen-bond acceptors (Lipinski definition) is 5. The van der Waals surface area contributed by atoms with E-state index < -0.39 is 28.5 Å². The number of benzene rings is 3. The summed E-state index contributed by atoms with van der Waals surface area (Å²) in [6.45, 7) is 1.52. The molecule has 10 heteroatoms. The van der Waals surface area contributed by atoms with Crippen LogP contribution in [0.25, 0.3) is 0 Å². The minimum absolute atomic E-state index is 0.0699. The van der Waals surface area contributed by atoms with Gasteiger partial charge in [-0.05, 0) is 67.3 Å². The zero-order valence-electron chi connectivity index (χ0n) is 23.3. The molecule has 3 aromatic rings. The van der Waals surface area contributed by atoms with Gasteiger partial charge in [-0.25, -0.2) is 8.42 Å². The van der Waals surface area contributed by atoms with Crippen molar-refractivity contribution in [2.75, 3.05) is 18.0 Å². The summed E-state index contributed by atoms with van der Waals surface area (Å²) < 4.78 is 34.8. The van der Waals surface area contributed by atoms with Gasteiger partial charge in [-0.15, -0.1) is 0 Å². The lowest BCUT2D eigenvalue weighted by Crippen LogP contribution is -2.53. The zero-order chi connectivity index (χ0) is 29.4. The van der Waals surface area contributed by atoms with E-state index in [-0.39, 0.29) is 23.4 Å². The molecule has 1 atom stereocenters. The Kier molecular flexibility index (Phi) is 10.4. The van der Waals surface area contributed by atoms with Crippen LogP contribution in [0.1, 0.15) is 44.6 Å². The molecule has 2 amide bonds. The van der Waals surface area contributed by atoms with Gasteiger partial charge in [-0.3, -0.25) is 13.9 Å². The number of nitrogens with one attached hydrogen (secondary N) is 1. The molecule has 1 aliphatic carbocycles. The lowest BCUT2D eigenvalue weighted by Gasteiger charge is -2.33. The maximum atomic E-state index is 14.2. The fourth-order valence-corrected chi connectivity index (χ4v) is 6.91. The molecule has 0 unspecified atom stereocenters. The van der Waals surface area contributed by atoms with E-state index in [1.54, 1.807) is 61.7 Å². The number of ether oxygens (including phenoxy) is 1. The van der Waals surface area contributed by atoms with Gasteiger partial charge >= 0.3 is 0 Å². The summed E-state index contributed by atoms with van der Waals surface area (Å²) >= 11 is 3.42. The number of sulfonamides is 1. The number of rotatable bonds is 12. The Hall–Kier alpha value is -3.37. The van der Waals surface area contributed by atoms with E-state index in [1.807, 2.05) is 19.1 Å². The second-order valence-corrected chi connectivity index (χ2v) is 12.9. The maximum Gasteiger partial charge on any atom is 0.264 e. The molecule has 0 aliphatic heterocycles. The van der Waals surface area contributed by atoms with Crippen molar-refractivity contribution in [3.05, 3.63) is 88.9 Å². The van der Waals surface area contributed by atoms with Crippen LogP contribution in [-0.4, -0.2) is 50.9 Å². The fourth-order valence-electron chi connectivity index (χ4n) is 5.09. The number of hydrogen-bond donors (Lipinski definition) is 1. The first-order valence-electron chi connectivity index (χ1n) is 13.8. The molecule has 3 aromatic carbocycles. The van der Waals surface area contributed by atoms with Crippen molar-refractivity contribution < 1.29 is 22.7 Å². The summed E-state index contributed by atoms with van der Waals surface area (Å²) in [6.07, 6.45) is 4.34. The number of anilines is 1. The van der Waals surface area contributed by atoms with E-state index in [0.717, 1.165) is 35.6 Å². The first-order chi connectivity index (χ1) is 19.7. The van der Waals surface area contributed by atoms with Crippen LogP contribution < -0.4 is 14.4 Å². The summed E-state index contributed by atoms with van der Waals surface area (Å²) in [5.74, 6) is -0.0256. The van der Waals surface area contributed by atoms with Gasteiger partial charge in [0.25, 0.3) is 10.0 Å². The van der Waals surface area contributed by atoms with Crippen molar-refractivity contribution in [2.24, 2.45) is 0 Å². The molecule has 0 bridgehead atoms. The molecule has 0 spiro atoms. The standard InChI is InChI=1S/C31H36BrN3O5S/c1-3-29(31(37)33-25-11-7-8-12-25)34(21-23-16-18-27(40-2)19-17-23)30(36)22-35(26-13-9-10-24(32)20-26)41(38,39)28-14-5-4-6-15-28/h4-6,9-10,13-20,25,29H,3,7-8,11-12,21-22H2,1-2H3,(H,33,37)/t29-/m1/s1. The number of nitrogens with zero attached hydrogens (tertiary/aromatic N) is 2. The topological polar surface area (TPSA) is 96.0 Å². The largest absolute Gasteiger partial charge is 0.497 e. The van der Waals surface area contributed by atoms with Gasteiger partial charge in [0, 0.05) is 17.1 Å². The SMILES string of the molecule is CC[C@H](C(=O)NC1CCCC1)N(Cc1ccc(OC)cc1)C(=O)CN(c1cccc(Br)c1)S(=O)(=O)c1ccccc1. The van der Waals surface area contributed by atoms with E-state index in [1.165, 1.54) is 17.0 Å². The number of halogens is 1. The minimum Gasteiger partial charge on any atom is -0.497 e. The number of methoxy groups -OCH3 is 1. The second-order valence-electron chi connectivity index (χ2n) is 10.1. The van der Waals surface area contributed by atoms with Gasteiger partial charge in [0.2, 0.25) is 11.8 Å². The molecule has 0 aromatic heterocycles. The lowest BCUT2D eigenvalue weighted by atomic mass is 10.1. The molecule has 218 valence electrons. The summed E-state index contributed by atoms with van der Waals surface area (Å²) in [4.78, 5) is 29.3. The average molecular weight is 643 g/mol. The summed E-state index contributed by atoms with van der Waals surface area (Å²) in [6, 6.07) is 21.4. The van der Waals surface area contributed by atoms with Crippen molar-refractivity contribution in [3.63, 3.8) is 0 Å². The number of amides is 2. The predicted molar refractivity (Wildman–Crippen MR) is 163 cm³/mol. The summed E-state index contributed by atoms with van der Waals surface area (Å²) in [7, 11) is -2.53. The van der Waals surface area contributed by atoms with Crippen molar-refractivity contribution in [3.8, 4) is 5.75 Å². The highest BCUT2D eigenvalue weighted by atomic mass is 79.9. The van der Waals surface area contributed by atoms with Crippen LogP contribution in [0.5, 0.6) is 5.75 Å². The normalized spacial score (nSPS) is 14.3. The monoisotopic (exact) mass is 641 g/mol. The molecule has 0 heterocycles. The van der Waals surface area contributed by atoms with E-state index in [9.17, 15) is 18.0 Å². The van der Waals surface area contributed by atoms with Gasteiger partial charge < -0.3 is 15.0 Å². The van der Waals surface area contributed by atoms with Gasteiger partial charge in [0.1, 0.15) is 18.3 Å². The summed E-state index contributed by atoms with van der Waals surface area (Å²) in [5, 5.41) is 3.13. The lowest BCUT2D eigenvalue weighted by molar-refractivity contribution is -0.140. The maximum absolute atomic E-state index is 14.2. The third kappa shape index (κ3) is 7.68. The quantitative estimate of drug-likeness (QED) is 0.281.